The summed E-state index contributed by atoms with van der Waals surface area (Å²) in [6.45, 7) is 2.10. The number of benzene rings is 3. The fraction of sp³-hybridized carbons (Fsp3) is 0.120. The number of rotatable bonds is 7. The number of para-hydroxylation sites is 1. The second kappa shape index (κ2) is 10.2. The topological polar surface area (TPSA) is 115 Å². The van der Waals surface area contributed by atoms with Gasteiger partial charge in [0.15, 0.2) is 4.80 Å². The third-order valence-electron chi connectivity index (χ3n) is 5.34. The summed E-state index contributed by atoms with van der Waals surface area (Å²) in [5.41, 5.74) is 1.27. The maximum Gasteiger partial charge on any atom is 0.279 e. The van der Waals surface area contributed by atoms with Crippen molar-refractivity contribution in [3.05, 3.63) is 93.3 Å². The number of thiazole rings is 1. The van der Waals surface area contributed by atoms with Crippen LogP contribution in [-0.2, 0) is 16.6 Å². The van der Waals surface area contributed by atoms with Crippen molar-refractivity contribution in [3.8, 4) is 12.3 Å². The summed E-state index contributed by atoms with van der Waals surface area (Å²) in [6, 6.07) is 18.6. The van der Waals surface area contributed by atoms with Crippen LogP contribution in [0.5, 0.6) is 0 Å². The Morgan fingerprint density at radius 3 is 2.44 bits per heavy atom. The molecule has 0 fully saturated rings. The maximum atomic E-state index is 13.2. The van der Waals surface area contributed by atoms with Crippen molar-refractivity contribution < 1.29 is 18.1 Å². The Balaban J connectivity index is 1.68. The molecule has 0 N–H and O–H groups in total. The largest absolute Gasteiger partial charge is 0.305 e. The van der Waals surface area contributed by atoms with Crippen molar-refractivity contribution in [1.82, 2.24) is 4.57 Å². The van der Waals surface area contributed by atoms with E-state index in [4.69, 9.17) is 6.42 Å². The van der Waals surface area contributed by atoms with Crippen LogP contribution in [0.2, 0.25) is 0 Å². The zero-order chi connectivity index (χ0) is 25.9. The molecule has 182 valence electrons. The molecular formula is C25H20N4O5S2. The summed E-state index contributed by atoms with van der Waals surface area (Å²) in [4.78, 5) is 28.0. The van der Waals surface area contributed by atoms with E-state index < -0.39 is 20.9 Å². The highest BCUT2D eigenvalue weighted by molar-refractivity contribution is 7.92. The van der Waals surface area contributed by atoms with Gasteiger partial charge in [-0.1, -0.05) is 35.5 Å². The SMILES string of the molecule is C#CCn1c(=NC(=O)c2ccc(S(=O)(=O)N(CC)c3ccccc3)cc2)sc2cc([N+](=O)[O-])ccc21. The summed E-state index contributed by atoms with van der Waals surface area (Å²) < 4.78 is 29.8. The number of hydrogen-bond acceptors (Lipinski definition) is 6. The van der Waals surface area contributed by atoms with Crippen LogP contribution in [0.3, 0.4) is 0 Å². The first kappa shape index (κ1) is 24.8. The molecule has 0 saturated carbocycles. The predicted octanol–water partition coefficient (Wildman–Crippen LogP) is 4.20. The molecule has 0 aliphatic heterocycles. The quantitative estimate of drug-likeness (QED) is 0.206. The molecular weight excluding hydrogens is 500 g/mol. The zero-order valence-electron chi connectivity index (χ0n) is 19.1. The minimum atomic E-state index is -3.84. The Kier molecular flexibility index (Phi) is 7.00. The summed E-state index contributed by atoms with van der Waals surface area (Å²) in [6.07, 6.45) is 5.47. The van der Waals surface area contributed by atoms with Crippen LogP contribution in [-0.4, -0.2) is 30.4 Å². The minimum absolute atomic E-state index is 0.0429. The number of anilines is 1. The van der Waals surface area contributed by atoms with Gasteiger partial charge < -0.3 is 4.57 Å². The van der Waals surface area contributed by atoms with Crippen LogP contribution in [0.15, 0.2) is 82.7 Å². The average Bonchev–Trinajstić information content (AvgIpc) is 3.21. The smallest absolute Gasteiger partial charge is 0.279 e. The van der Waals surface area contributed by atoms with Gasteiger partial charge in [-0.2, -0.15) is 4.99 Å². The molecule has 0 saturated heterocycles. The standard InChI is InChI=1S/C25H20N4O5S2/c1-3-16-27-22-15-12-20(29(31)32)17-23(22)35-25(27)26-24(30)18-10-13-21(14-11-18)36(33,34)28(4-2)19-8-6-5-7-9-19/h1,5-15,17H,4,16H2,2H3. The van der Waals surface area contributed by atoms with Crippen molar-refractivity contribution >= 4 is 48.9 Å². The Morgan fingerprint density at radius 2 is 1.83 bits per heavy atom. The third kappa shape index (κ3) is 4.77. The molecule has 0 radical (unpaired) electrons. The van der Waals surface area contributed by atoms with E-state index in [1.807, 2.05) is 0 Å². The number of nitro groups is 1. The molecule has 1 heterocycles. The first-order valence-electron chi connectivity index (χ1n) is 10.7. The fourth-order valence-corrected chi connectivity index (χ4v) is 6.17. The molecule has 4 aromatic rings. The molecule has 9 nitrogen and oxygen atoms in total. The van der Waals surface area contributed by atoms with Gasteiger partial charge in [0.25, 0.3) is 21.6 Å². The molecule has 0 spiro atoms. The number of amides is 1. The van der Waals surface area contributed by atoms with Crippen LogP contribution >= 0.6 is 11.3 Å². The van der Waals surface area contributed by atoms with Gasteiger partial charge in [0.1, 0.15) is 0 Å². The lowest BCUT2D eigenvalue weighted by atomic mass is 10.2. The molecule has 0 aliphatic rings. The first-order chi connectivity index (χ1) is 17.3. The summed E-state index contributed by atoms with van der Waals surface area (Å²) >= 11 is 1.10. The molecule has 0 bridgehead atoms. The van der Waals surface area contributed by atoms with Crippen LogP contribution in [0.25, 0.3) is 10.2 Å². The third-order valence-corrected chi connectivity index (χ3v) is 8.30. The van der Waals surface area contributed by atoms with E-state index in [0.29, 0.717) is 15.9 Å². The van der Waals surface area contributed by atoms with E-state index >= 15 is 0 Å². The van der Waals surface area contributed by atoms with Crippen molar-refractivity contribution in [1.29, 1.82) is 0 Å². The molecule has 1 aromatic heterocycles. The predicted molar refractivity (Wildman–Crippen MR) is 138 cm³/mol. The first-order valence-corrected chi connectivity index (χ1v) is 13.0. The number of hydrogen-bond donors (Lipinski definition) is 0. The van der Waals surface area contributed by atoms with Crippen molar-refractivity contribution in [3.63, 3.8) is 0 Å². The van der Waals surface area contributed by atoms with E-state index in [0.717, 1.165) is 11.3 Å². The van der Waals surface area contributed by atoms with Crippen molar-refractivity contribution in [2.24, 2.45) is 4.99 Å². The normalized spacial score (nSPS) is 11.8. The Hall–Kier alpha value is -4.27. The van der Waals surface area contributed by atoms with Gasteiger partial charge in [0.2, 0.25) is 0 Å². The number of carbonyl (C=O) groups is 1. The zero-order valence-corrected chi connectivity index (χ0v) is 20.7. The van der Waals surface area contributed by atoms with E-state index in [2.05, 4.69) is 10.9 Å². The lowest BCUT2D eigenvalue weighted by Gasteiger charge is -2.22. The number of carbonyl (C=O) groups excluding carboxylic acids is 1. The number of non-ortho nitro benzene ring substituents is 1. The highest BCUT2D eigenvalue weighted by Gasteiger charge is 2.23. The van der Waals surface area contributed by atoms with E-state index in [1.54, 1.807) is 47.9 Å². The fourth-order valence-electron chi connectivity index (χ4n) is 3.64. The molecule has 3 aromatic carbocycles. The number of aromatic nitrogens is 1. The summed E-state index contributed by atoms with van der Waals surface area (Å²) in [7, 11) is -3.84. The van der Waals surface area contributed by atoms with Crippen LogP contribution in [0.4, 0.5) is 11.4 Å². The lowest BCUT2D eigenvalue weighted by molar-refractivity contribution is -0.384. The monoisotopic (exact) mass is 520 g/mol. The van der Waals surface area contributed by atoms with E-state index in [9.17, 15) is 23.3 Å². The summed E-state index contributed by atoms with van der Waals surface area (Å²) in [5.74, 6) is 1.90. The number of terminal acetylenes is 1. The van der Waals surface area contributed by atoms with Crippen molar-refractivity contribution in [2.75, 3.05) is 10.8 Å². The lowest BCUT2D eigenvalue weighted by Crippen LogP contribution is -2.30. The van der Waals surface area contributed by atoms with Gasteiger partial charge in [-0.3, -0.25) is 19.2 Å². The second-order valence-electron chi connectivity index (χ2n) is 7.53. The molecule has 11 heteroatoms. The Bertz CT molecular complexity index is 1670. The van der Waals surface area contributed by atoms with Gasteiger partial charge >= 0.3 is 0 Å². The molecule has 0 unspecified atom stereocenters. The van der Waals surface area contributed by atoms with E-state index in [1.165, 1.54) is 40.7 Å². The summed E-state index contributed by atoms with van der Waals surface area (Å²) in [5, 5.41) is 11.1. The van der Waals surface area contributed by atoms with Crippen molar-refractivity contribution in [2.45, 2.75) is 18.4 Å². The number of fused-ring (bicyclic) bond motifs is 1. The minimum Gasteiger partial charge on any atom is -0.305 e. The number of nitrogens with zero attached hydrogens (tertiary/aromatic N) is 4. The highest BCUT2D eigenvalue weighted by Crippen LogP contribution is 2.25. The van der Waals surface area contributed by atoms with Crippen LogP contribution in [0.1, 0.15) is 17.3 Å². The average molecular weight is 521 g/mol. The second-order valence-corrected chi connectivity index (χ2v) is 10.4. The Labute approximate surface area is 211 Å². The van der Waals surface area contributed by atoms with Gasteiger partial charge in [0.05, 0.1) is 32.3 Å². The molecule has 0 atom stereocenters. The van der Waals surface area contributed by atoms with Gasteiger partial charge in [-0.15, -0.1) is 6.42 Å². The highest BCUT2D eigenvalue weighted by atomic mass is 32.2. The van der Waals surface area contributed by atoms with Gasteiger partial charge in [-0.05, 0) is 49.4 Å². The van der Waals surface area contributed by atoms with Crippen LogP contribution in [0, 0.1) is 22.5 Å². The van der Waals surface area contributed by atoms with Gasteiger partial charge in [-0.25, -0.2) is 8.42 Å². The van der Waals surface area contributed by atoms with Gasteiger partial charge in [0, 0.05) is 24.2 Å². The number of sulfonamides is 1. The Morgan fingerprint density at radius 1 is 1.14 bits per heavy atom. The molecule has 36 heavy (non-hydrogen) atoms. The molecule has 1 amide bonds. The maximum absolute atomic E-state index is 13.2. The number of nitro benzene ring substituents is 1. The molecule has 0 aliphatic carbocycles. The van der Waals surface area contributed by atoms with Crippen LogP contribution < -0.4 is 9.11 Å². The molecule has 4 rings (SSSR count). The van der Waals surface area contributed by atoms with E-state index in [-0.39, 0.29) is 34.0 Å².